The van der Waals surface area contributed by atoms with Gasteiger partial charge in [-0.3, -0.25) is 9.69 Å². The minimum absolute atomic E-state index is 0.112. The number of carbonyl (C=O) groups excluding carboxylic acids is 1. The highest BCUT2D eigenvalue weighted by atomic mass is 16.6. The zero-order chi connectivity index (χ0) is 17.9. The van der Waals surface area contributed by atoms with Crippen LogP contribution in [0.15, 0.2) is 48.5 Å². The average molecular weight is 352 g/mol. The quantitative estimate of drug-likeness (QED) is 0.847. The summed E-state index contributed by atoms with van der Waals surface area (Å²) in [5.74, 6) is 1.73. The molecular weight excluding hydrogens is 328 g/mol. The maximum absolute atomic E-state index is 12.7. The van der Waals surface area contributed by atoms with E-state index in [1.807, 2.05) is 43.4 Å². The molecule has 0 bridgehead atoms. The second-order valence-corrected chi connectivity index (χ2v) is 6.82. The van der Waals surface area contributed by atoms with Crippen molar-refractivity contribution in [3.63, 3.8) is 0 Å². The van der Waals surface area contributed by atoms with Crippen LogP contribution >= 0.6 is 0 Å². The Morgan fingerprint density at radius 1 is 1.12 bits per heavy atom. The summed E-state index contributed by atoms with van der Waals surface area (Å²) in [6.07, 6.45) is 2.16. The monoisotopic (exact) mass is 352 g/mol. The van der Waals surface area contributed by atoms with Crippen molar-refractivity contribution in [1.29, 1.82) is 0 Å². The minimum atomic E-state index is 0.112. The number of carbonyl (C=O) groups is 1. The van der Waals surface area contributed by atoms with Gasteiger partial charge >= 0.3 is 0 Å². The molecule has 5 heteroatoms. The number of likely N-dealkylation sites (N-methyl/N-ethyl adjacent to an activating group) is 1. The lowest BCUT2D eigenvalue weighted by Gasteiger charge is -2.28. The van der Waals surface area contributed by atoms with E-state index in [0.717, 1.165) is 36.6 Å². The Bertz CT molecular complexity index is 778. The van der Waals surface area contributed by atoms with Crippen molar-refractivity contribution in [1.82, 2.24) is 4.90 Å². The molecule has 26 heavy (non-hydrogen) atoms. The van der Waals surface area contributed by atoms with Crippen LogP contribution in [0.5, 0.6) is 11.5 Å². The Morgan fingerprint density at radius 2 is 1.88 bits per heavy atom. The fraction of sp³-hybridized carbons (Fsp3) is 0.381. The first-order valence-electron chi connectivity index (χ1n) is 9.17. The highest BCUT2D eigenvalue weighted by molar-refractivity contribution is 5.94. The first-order valence-corrected chi connectivity index (χ1v) is 9.17. The number of fused-ring (bicyclic) bond motifs is 1. The van der Waals surface area contributed by atoms with Gasteiger partial charge in [0.05, 0.1) is 6.54 Å². The summed E-state index contributed by atoms with van der Waals surface area (Å²) in [6, 6.07) is 16.2. The first kappa shape index (κ1) is 16.9. The van der Waals surface area contributed by atoms with E-state index >= 15 is 0 Å². The first-order chi connectivity index (χ1) is 12.7. The largest absolute Gasteiger partial charge is 0.486 e. The minimum Gasteiger partial charge on any atom is -0.486 e. The van der Waals surface area contributed by atoms with Gasteiger partial charge in [-0.15, -0.1) is 0 Å². The van der Waals surface area contributed by atoms with Gasteiger partial charge in [0.15, 0.2) is 11.5 Å². The van der Waals surface area contributed by atoms with Crippen LogP contribution in [-0.2, 0) is 4.79 Å². The molecule has 0 aliphatic carbocycles. The number of hydrogen-bond donors (Lipinski definition) is 0. The molecule has 0 saturated carbocycles. The number of benzene rings is 2. The standard InChI is InChI=1S/C21H24N2O3/c1-22(17-6-3-2-4-7-17)21(24)15-23-11-5-8-18(23)16-9-10-19-20(14-16)26-13-12-25-19/h2-4,6-7,9-10,14,18H,5,8,11-13,15H2,1H3. The van der Waals surface area contributed by atoms with Crippen LogP contribution < -0.4 is 14.4 Å². The van der Waals surface area contributed by atoms with E-state index in [4.69, 9.17) is 9.47 Å². The van der Waals surface area contributed by atoms with Crippen molar-refractivity contribution in [2.75, 3.05) is 38.3 Å². The van der Waals surface area contributed by atoms with Gasteiger partial charge in [0.2, 0.25) is 5.91 Å². The summed E-state index contributed by atoms with van der Waals surface area (Å²) in [7, 11) is 1.84. The predicted molar refractivity (Wildman–Crippen MR) is 101 cm³/mol. The molecule has 0 spiro atoms. The van der Waals surface area contributed by atoms with Crippen LogP contribution in [0.4, 0.5) is 5.69 Å². The average Bonchev–Trinajstić information content (AvgIpc) is 3.15. The third-order valence-electron chi connectivity index (χ3n) is 5.17. The molecule has 0 radical (unpaired) electrons. The van der Waals surface area contributed by atoms with Gasteiger partial charge in [0, 0.05) is 18.8 Å². The maximum Gasteiger partial charge on any atom is 0.240 e. The summed E-state index contributed by atoms with van der Waals surface area (Å²) >= 11 is 0. The van der Waals surface area contributed by atoms with Crippen molar-refractivity contribution >= 4 is 11.6 Å². The molecule has 136 valence electrons. The van der Waals surface area contributed by atoms with Gasteiger partial charge in [-0.25, -0.2) is 0 Å². The molecule has 2 aliphatic rings. The molecule has 1 unspecified atom stereocenters. The number of nitrogens with zero attached hydrogens (tertiary/aromatic N) is 2. The van der Waals surface area contributed by atoms with Gasteiger partial charge in [-0.2, -0.15) is 0 Å². The second kappa shape index (κ2) is 7.38. The van der Waals surface area contributed by atoms with E-state index in [1.54, 1.807) is 4.90 Å². The molecule has 2 heterocycles. The number of para-hydroxylation sites is 1. The summed E-state index contributed by atoms with van der Waals surface area (Å²) in [6.45, 7) is 2.55. The normalized spacial score (nSPS) is 19.3. The van der Waals surface area contributed by atoms with E-state index in [1.165, 1.54) is 5.56 Å². The highest BCUT2D eigenvalue weighted by Gasteiger charge is 2.29. The van der Waals surface area contributed by atoms with Crippen LogP contribution in [-0.4, -0.2) is 44.2 Å². The molecular formula is C21H24N2O3. The van der Waals surface area contributed by atoms with E-state index in [2.05, 4.69) is 17.0 Å². The molecule has 2 aliphatic heterocycles. The second-order valence-electron chi connectivity index (χ2n) is 6.82. The number of anilines is 1. The van der Waals surface area contributed by atoms with Crippen molar-refractivity contribution in [2.24, 2.45) is 0 Å². The van der Waals surface area contributed by atoms with Crippen LogP contribution in [0.2, 0.25) is 0 Å². The Kier molecular flexibility index (Phi) is 4.80. The van der Waals surface area contributed by atoms with Crippen LogP contribution in [0, 0.1) is 0 Å². The molecule has 0 N–H and O–H groups in total. The van der Waals surface area contributed by atoms with E-state index < -0.39 is 0 Å². The Balaban J connectivity index is 1.47. The third kappa shape index (κ3) is 3.40. The van der Waals surface area contributed by atoms with Crippen LogP contribution in [0.3, 0.4) is 0 Å². The maximum atomic E-state index is 12.7. The molecule has 1 saturated heterocycles. The number of rotatable bonds is 4. The topological polar surface area (TPSA) is 42.0 Å². The molecule has 1 atom stereocenters. The fourth-order valence-electron chi connectivity index (χ4n) is 3.74. The number of likely N-dealkylation sites (tertiary alicyclic amines) is 1. The molecule has 2 aromatic rings. The van der Waals surface area contributed by atoms with Gasteiger partial charge in [0.1, 0.15) is 13.2 Å². The van der Waals surface area contributed by atoms with E-state index in [-0.39, 0.29) is 11.9 Å². The van der Waals surface area contributed by atoms with Gasteiger partial charge in [-0.1, -0.05) is 24.3 Å². The number of amides is 1. The molecule has 0 aromatic heterocycles. The summed E-state index contributed by atoms with van der Waals surface area (Å²) in [5, 5.41) is 0. The van der Waals surface area contributed by atoms with Crippen molar-refractivity contribution in [3.8, 4) is 11.5 Å². The van der Waals surface area contributed by atoms with Crippen molar-refractivity contribution in [3.05, 3.63) is 54.1 Å². The summed E-state index contributed by atoms with van der Waals surface area (Å²) in [5.41, 5.74) is 2.12. The fourth-order valence-corrected chi connectivity index (χ4v) is 3.74. The molecule has 1 fully saturated rings. The van der Waals surface area contributed by atoms with E-state index in [0.29, 0.717) is 19.8 Å². The number of ether oxygens (including phenoxy) is 2. The van der Waals surface area contributed by atoms with Crippen molar-refractivity contribution in [2.45, 2.75) is 18.9 Å². The summed E-state index contributed by atoms with van der Waals surface area (Å²) in [4.78, 5) is 16.8. The summed E-state index contributed by atoms with van der Waals surface area (Å²) < 4.78 is 11.3. The predicted octanol–water partition coefficient (Wildman–Crippen LogP) is 3.26. The molecule has 5 nitrogen and oxygen atoms in total. The highest BCUT2D eigenvalue weighted by Crippen LogP contribution is 2.38. The molecule has 2 aromatic carbocycles. The lowest BCUT2D eigenvalue weighted by Crippen LogP contribution is -2.38. The zero-order valence-electron chi connectivity index (χ0n) is 15.1. The van der Waals surface area contributed by atoms with E-state index in [9.17, 15) is 4.79 Å². The Morgan fingerprint density at radius 3 is 2.69 bits per heavy atom. The number of hydrogen-bond acceptors (Lipinski definition) is 4. The van der Waals surface area contributed by atoms with Crippen molar-refractivity contribution < 1.29 is 14.3 Å². The van der Waals surface area contributed by atoms with Crippen LogP contribution in [0.25, 0.3) is 0 Å². The SMILES string of the molecule is CN(C(=O)CN1CCCC1c1ccc2c(c1)OCCO2)c1ccccc1. The molecule has 4 rings (SSSR count). The third-order valence-corrected chi connectivity index (χ3v) is 5.17. The lowest BCUT2D eigenvalue weighted by atomic mass is 10.0. The lowest BCUT2D eigenvalue weighted by molar-refractivity contribution is -0.119. The van der Waals surface area contributed by atoms with Gasteiger partial charge < -0.3 is 14.4 Å². The Hall–Kier alpha value is -2.53. The smallest absolute Gasteiger partial charge is 0.240 e. The zero-order valence-corrected chi connectivity index (χ0v) is 15.1. The Labute approximate surface area is 154 Å². The van der Waals surface area contributed by atoms with Crippen LogP contribution in [0.1, 0.15) is 24.4 Å². The van der Waals surface area contributed by atoms with Gasteiger partial charge in [-0.05, 0) is 49.2 Å². The van der Waals surface area contributed by atoms with Gasteiger partial charge in [0.25, 0.3) is 0 Å². The molecule has 1 amide bonds.